The minimum Gasteiger partial charge on any atom is -0.376 e. The van der Waals surface area contributed by atoms with Gasteiger partial charge in [-0.1, -0.05) is 18.2 Å². The van der Waals surface area contributed by atoms with Gasteiger partial charge in [0.25, 0.3) is 5.91 Å². The maximum absolute atomic E-state index is 12.4. The summed E-state index contributed by atoms with van der Waals surface area (Å²) in [4.78, 5) is 16.6. The van der Waals surface area contributed by atoms with E-state index in [1.54, 1.807) is 17.5 Å². The molecular weight excluding hydrogens is 320 g/mol. The Morgan fingerprint density at radius 3 is 3.12 bits per heavy atom. The number of aromatic nitrogens is 1. The molecule has 0 spiro atoms. The molecule has 1 fully saturated rings. The number of thiophene rings is 1. The predicted octanol–water partition coefficient (Wildman–Crippen LogP) is 3.87. The number of pyridine rings is 1. The zero-order valence-electron chi connectivity index (χ0n) is 13.2. The summed E-state index contributed by atoms with van der Waals surface area (Å²) in [5, 5.41) is 6.27. The average Bonchev–Trinajstić information content (AvgIpc) is 3.29. The SMILES string of the molecule is O=C(NCC1CCCO1)c1cncc(-c2csc3ccccc23)c1. The minimum atomic E-state index is -0.0978. The lowest BCUT2D eigenvalue weighted by molar-refractivity contribution is 0.0857. The summed E-state index contributed by atoms with van der Waals surface area (Å²) in [6.07, 6.45) is 5.65. The van der Waals surface area contributed by atoms with Crippen LogP contribution in [0.5, 0.6) is 0 Å². The summed E-state index contributed by atoms with van der Waals surface area (Å²) >= 11 is 1.71. The molecule has 1 atom stereocenters. The lowest BCUT2D eigenvalue weighted by Crippen LogP contribution is -2.31. The van der Waals surface area contributed by atoms with Gasteiger partial charge in [0.1, 0.15) is 0 Å². The van der Waals surface area contributed by atoms with Crippen LogP contribution in [0.4, 0.5) is 0 Å². The molecule has 1 aliphatic heterocycles. The molecule has 0 saturated carbocycles. The van der Waals surface area contributed by atoms with Crippen LogP contribution in [0.15, 0.2) is 48.1 Å². The lowest BCUT2D eigenvalue weighted by Gasteiger charge is -2.11. The van der Waals surface area contributed by atoms with Gasteiger partial charge in [-0.05, 0) is 30.4 Å². The van der Waals surface area contributed by atoms with Gasteiger partial charge in [-0.3, -0.25) is 9.78 Å². The number of nitrogens with zero attached hydrogens (tertiary/aromatic N) is 1. The Labute approximate surface area is 144 Å². The topological polar surface area (TPSA) is 51.2 Å². The Balaban J connectivity index is 1.55. The van der Waals surface area contributed by atoms with E-state index >= 15 is 0 Å². The van der Waals surface area contributed by atoms with Gasteiger partial charge in [0.2, 0.25) is 0 Å². The maximum Gasteiger partial charge on any atom is 0.252 e. The van der Waals surface area contributed by atoms with Gasteiger partial charge in [-0.2, -0.15) is 0 Å². The highest BCUT2D eigenvalue weighted by atomic mass is 32.1. The Bertz CT molecular complexity index is 868. The number of hydrogen-bond donors (Lipinski definition) is 1. The van der Waals surface area contributed by atoms with Crippen molar-refractivity contribution in [1.82, 2.24) is 10.3 Å². The fourth-order valence-corrected chi connectivity index (χ4v) is 4.00. The number of ether oxygens (including phenoxy) is 1. The summed E-state index contributed by atoms with van der Waals surface area (Å²) in [6, 6.07) is 10.2. The highest BCUT2D eigenvalue weighted by molar-refractivity contribution is 7.17. The third kappa shape index (κ3) is 3.05. The van der Waals surface area contributed by atoms with Crippen molar-refractivity contribution in [2.45, 2.75) is 18.9 Å². The van der Waals surface area contributed by atoms with Gasteiger partial charge in [-0.25, -0.2) is 0 Å². The molecule has 122 valence electrons. The van der Waals surface area contributed by atoms with Crippen LogP contribution < -0.4 is 5.32 Å². The largest absolute Gasteiger partial charge is 0.376 e. The first kappa shape index (κ1) is 15.3. The second-order valence-corrected chi connectivity index (χ2v) is 6.86. The molecule has 1 saturated heterocycles. The van der Waals surface area contributed by atoms with E-state index in [0.29, 0.717) is 12.1 Å². The molecule has 24 heavy (non-hydrogen) atoms. The van der Waals surface area contributed by atoms with E-state index in [9.17, 15) is 4.79 Å². The van der Waals surface area contributed by atoms with E-state index in [1.807, 2.05) is 24.4 Å². The van der Waals surface area contributed by atoms with Crippen LogP contribution in [0.3, 0.4) is 0 Å². The van der Waals surface area contributed by atoms with Gasteiger partial charge in [-0.15, -0.1) is 11.3 Å². The first-order valence-electron chi connectivity index (χ1n) is 8.13. The molecule has 1 aromatic carbocycles. The average molecular weight is 338 g/mol. The molecule has 2 aromatic heterocycles. The van der Waals surface area contributed by atoms with Crippen LogP contribution in [-0.4, -0.2) is 30.1 Å². The third-order valence-corrected chi connectivity index (χ3v) is 5.27. The number of hydrogen-bond acceptors (Lipinski definition) is 4. The summed E-state index contributed by atoms with van der Waals surface area (Å²) in [6.45, 7) is 1.35. The highest BCUT2D eigenvalue weighted by Crippen LogP contribution is 2.33. The number of nitrogens with one attached hydrogen (secondary N) is 1. The highest BCUT2D eigenvalue weighted by Gasteiger charge is 2.17. The second-order valence-electron chi connectivity index (χ2n) is 5.95. The molecular formula is C19H18N2O2S. The fourth-order valence-electron chi connectivity index (χ4n) is 3.03. The Hall–Kier alpha value is -2.24. The zero-order chi connectivity index (χ0) is 16.4. The van der Waals surface area contributed by atoms with Crippen LogP contribution in [0.1, 0.15) is 23.2 Å². The molecule has 1 amide bonds. The normalized spacial score (nSPS) is 17.2. The number of benzene rings is 1. The monoisotopic (exact) mass is 338 g/mol. The van der Waals surface area contributed by atoms with Gasteiger partial charge < -0.3 is 10.1 Å². The van der Waals surface area contributed by atoms with E-state index in [4.69, 9.17) is 4.74 Å². The number of amides is 1. The van der Waals surface area contributed by atoms with Crippen LogP contribution >= 0.6 is 11.3 Å². The van der Waals surface area contributed by atoms with Crippen LogP contribution in [-0.2, 0) is 4.74 Å². The summed E-state index contributed by atoms with van der Waals surface area (Å²) in [7, 11) is 0. The van der Waals surface area contributed by atoms with Gasteiger partial charge >= 0.3 is 0 Å². The van der Waals surface area contributed by atoms with E-state index in [2.05, 4.69) is 27.8 Å². The van der Waals surface area contributed by atoms with Crippen molar-refractivity contribution < 1.29 is 9.53 Å². The van der Waals surface area contributed by atoms with E-state index in [0.717, 1.165) is 30.6 Å². The van der Waals surface area contributed by atoms with Crippen molar-refractivity contribution in [2.24, 2.45) is 0 Å². The smallest absolute Gasteiger partial charge is 0.252 e. The molecule has 0 radical (unpaired) electrons. The molecule has 1 N–H and O–H groups in total. The first-order chi connectivity index (χ1) is 11.8. The van der Waals surface area contributed by atoms with Crippen molar-refractivity contribution in [3.8, 4) is 11.1 Å². The van der Waals surface area contributed by atoms with Crippen LogP contribution in [0.2, 0.25) is 0 Å². The molecule has 3 aromatic rings. The van der Waals surface area contributed by atoms with E-state index in [-0.39, 0.29) is 12.0 Å². The summed E-state index contributed by atoms with van der Waals surface area (Å²) in [5.41, 5.74) is 2.68. The molecule has 4 nitrogen and oxygen atoms in total. The maximum atomic E-state index is 12.4. The summed E-state index contributed by atoms with van der Waals surface area (Å²) < 4.78 is 6.78. The lowest BCUT2D eigenvalue weighted by atomic mass is 10.0. The van der Waals surface area contributed by atoms with Crippen molar-refractivity contribution >= 4 is 27.3 Å². The molecule has 0 bridgehead atoms. The first-order valence-corrected chi connectivity index (χ1v) is 9.01. The quantitative estimate of drug-likeness (QED) is 0.785. The Kier molecular flexibility index (Phi) is 4.28. The molecule has 3 heterocycles. The predicted molar refractivity (Wildman–Crippen MR) is 96.4 cm³/mol. The van der Waals surface area contributed by atoms with E-state index in [1.165, 1.54) is 10.1 Å². The standard InChI is InChI=1S/C19H18N2O2S/c22-19(21-11-15-4-3-7-23-15)14-8-13(9-20-10-14)17-12-24-18-6-2-1-5-16(17)18/h1-2,5-6,8-10,12,15H,3-4,7,11H2,(H,21,22). The number of rotatable bonds is 4. The van der Waals surface area contributed by atoms with Crippen LogP contribution in [0, 0.1) is 0 Å². The second kappa shape index (κ2) is 6.71. The van der Waals surface area contributed by atoms with Crippen molar-refractivity contribution in [3.05, 3.63) is 53.7 Å². The molecule has 1 aliphatic rings. The Morgan fingerprint density at radius 2 is 2.25 bits per heavy atom. The van der Waals surface area contributed by atoms with Crippen molar-refractivity contribution in [2.75, 3.05) is 13.2 Å². The van der Waals surface area contributed by atoms with Crippen molar-refractivity contribution in [3.63, 3.8) is 0 Å². The number of fused-ring (bicyclic) bond motifs is 1. The summed E-state index contributed by atoms with van der Waals surface area (Å²) in [5.74, 6) is -0.0978. The van der Waals surface area contributed by atoms with E-state index < -0.39 is 0 Å². The Morgan fingerprint density at radius 1 is 1.33 bits per heavy atom. The number of carbonyl (C=O) groups is 1. The zero-order valence-corrected chi connectivity index (χ0v) is 14.0. The minimum absolute atomic E-state index is 0.0978. The van der Waals surface area contributed by atoms with Crippen LogP contribution in [0.25, 0.3) is 21.2 Å². The molecule has 5 heteroatoms. The van der Waals surface area contributed by atoms with Gasteiger partial charge in [0, 0.05) is 46.8 Å². The molecule has 0 aliphatic carbocycles. The van der Waals surface area contributed by atoms with Crippen molar-refractivity contribution in [1.29, 1.82) is 0 Å². The third-order valence-electron chi connectivity index (χ3n) is 4.31. The molecule has 4 rings (SSSR count). The molecule has 1 unspecified atom stereocenters. The number of carbonyl (C=O) groups excluding carboxylic acids is 1. The van der Waals surface area contributed by atoms with Gasteiger partial charge in [0.15, 0.2) is 0 Å². The van der Waals surface area contributed by atoms with Gasteiger partial charge in [0.05, 0.1) is 11.7 Å². The fraction of sp³-hybridized carbons (Fsp3) is 0.263.